The van der Waals surface area contributed by atoms with E-state index >= 15 is 0 Å². The first-order chi connectivity index (χ1) is 20.6. The Balaban J connectivity index is 3.13. The maximum absolute atomic E-state index is 13.6. The van der Waals surface area contributed by atoms with Gasteiger partial charge < -0.3 is 44.2 Å². The van der Waals surface area contributed by atoms with E-state index in [1.807, 2.05) is 58.0 Å². The highest BCUT2D eigenvalue weighted by Crippen LogP contribution is 2.11. The first-order valence-electron chi connectivity index (χ1n) is 15.0. The third kappa shape index (κ3) is 14.8. The lowest BCUT2D eigenvalue weighted by atomic mass is 9.98. The van der Waals surface area contributed by atoms with Gasteiger partial charge in [0, 0.05) is 13.0 Å². The topological polar surface area (TPSA) is 250 Å². The minimum absolute atomic E-state index is 0.000822. The van der Waals surface area contributed by atoms with Crippen LogP contribution in [0.2, 0.25) is 0 Å². The zero-order valence-electron chi connectivity index (χ0n) is 26.5. The molecule has 0 aliphatic rings. The van der Waals surface area contributed by atoms with E-state index in [1.54, 1.807) is 0 Å². The summed E-state index contributed by atoms with van der Waals surface area (Å²) in [5.41, 5.74) is 22.7. The Hall–Kier alpha value is -4.20. The standard InChI is InChI=1S/C30H51N9O5/c1-17(2)14-22(27(42)36-21(25(32)40)12-9-13-35-30(33)34)38-28(43)23(15-18(3)4)39-29(44)24(37-26(41)19(5)31)16-20-10-7-6-8-11-20/h6-8,10-11,17-19,21-24H,9,12-16,31H2,1-5H3,(H2,32,40)(H,36,42)(H,37,41)(H,38,43)(H,39,44)(H4,33,34,35)/t19-,21-,22-,23-,24-/m0/s1. The Labute approximate surface area is 259 Å². The highest BCUT2D eigenvalue weighted by Gasteiger charge is 2.32. The highest BCUT2D eigenvalue weighted by atomic mass is 16.2. The first-order valence-corrected chi connectivity index (χ1v) is 15.0. The van der Waals surface area contributed by atoms with Crippen LogP contribution in [0, 0.1) is 11.8 Å². The van der Waals surface area contributed by atoms with Gasteiger partial charge in [0.2, 0.25) is 29.5 Å². The normalized spacial score (nSPS) is 14.5. The van der Waals surface area contributed by atoms with Crippen molar-refractivity contribution >= 4 is 35.5 Å². The van der Waals surface area contributed by atoms with Crippen molar-refractivity contribution in [3.8, 4) is 0 Å². The number of primary amides is 1. The molecule has 0 saturated carbocycles. The molecule has 0 aliphatic carbocycles. The molecular weight excluding hydrogens is 566 g/mol. The second kappa shape index (κ2) is 19.2. The summed E-state index contributed by atoms with van der Waals surface area (Å²) in [4.78, 5) is 68.7. The lowest BCUT2D eigenvalue weighted by Gasteiger charge is -2.28. The minimum Gasteiger partial charge on any atom is -0.370 e. The average molecular weight is 618 g/mol. The number of nitrogens with two attached hydrogens (primary N) is 4. The van der Waals surface area contributed by atoms with Gasteiger partial charge in [-0.15, -0.1) is 0 Å². The lowest BCUT2D eigenvalue weighted by molar-refractivity contribution is -0.135. The van der Waals surface area contributed by atoms with Crippen LogP contribution in [0.4, 0.5) is 0 Å². The number of aliphatic imine (C=N–C) groups is 1. The third-order valence-corrected chi connectivity index (χ3v) is 6.61. The minimum atomic E-state index is -1.01. The number of guanidine groups is 1. The van der Waals surface area contributed by atoms with Crippen LogP contribution in [0.3, 0.4) is 0 Å². The van der Waals surface area contributed by atoms with Gasteiger partial charge in [-0.3, -0.25) is 29.0 Å². The predicted octanol–water partition coefficient (Wildman–Crippen LogP) is -0.853. The molecule has 1 aromatic rings. The Morgan fingerprint density at radius 1 is 0.682 bits per heavy atom. The fraction of sp³-hybridized carbons (Fsp3) is 0.600. The quantitative estimate of drug-likeness (QED) is 0.0550. The van der Waals surface area contributed by atoms with Gasteiger partial charge in [-0.05, 0) is 50.0 Å². The number of benzene rings is 1. The van der Waals surface area contributed by atoms with E-state index in [0.29, 0.717) is 6.42 Å². The molecule has 14 nitrogen and oxygen atoms in total. The Kier molecular flexibility index (Phi) is 16.5. The summed E-state index contributed by atoms with van der Waals surface area (Å²) < 4.78 is 0. The summed E-state index contributed by atoms with van der Waals surface area (Å²) in [5.74, 6) is -3.06. The SMILES string of the molecule is CC(C)C[C@H](NC(=O)[C@H](CC(C)C)NC(=O)[C@H](Cc1ccccc1)NC(=O)[C@H](C)N)C(=O)N[C@@H](CCCN=C(N)N)C(N)=O. The number of rotatable bonds is 19. The van der Waals surface area contributed by atoms with Crippen LogP contribution in [-0.4, -0.2) is 72.2 Å². The van der Waals surface area contributed by atoms with Gasteiger partial charge in [-0.2, -0.15) is 0 Å². The predicted molar refractivity (Wildman–Crippen MR) is 170 cm³/mol. The fourth-order valence-electron chi connectivity index (χ4n) is 4.37. The summed E-state index contributed by atoms with van der Waals surface area (Å²) in [5, 5.41) is 10.8. The maximum Gasteiger partial charge on any atom is 0.243 e. The molecule has 0 radical (unpaired) electrons. The smallest absolute Gasteiger partial charge is 0.243 e. The highest BCUT2D eigenvalue weighted by molar-refractivity contribution is 5.95. The van der Waals surface area contributed by atoms with E-state index < -0.39 is 59.7 Å². The number of hydrogen-bond donors (Lipinski definition) is 8. The Morgan fingerprint density at radius 2 is 1.14 bits per heavy atom. The van der Waals surface area contributed by atoms with Crippen LogP contribution >= 0.6 is 0 Å². The van der Waals surface area contributed by atoms with E-state index in [2.05, 4.69) is 26.3 Å². The second-order valence-electron chi connectivity index (χ2n) is 11.8. The fourth-order valence-corrected chi connectivity index (χ4v) is 4.37. The molecule has 0 heterocycles. The van der Waals surface area contributed by atoms with Gasteiger partial charge in [-0.25, -0.2) is 0 Å². The van der Waals surface area contributed by atoms with E-state index in [9.17, 15) is 24.0 Å². The molecule has 12 N–H and O–H groups in total. The number of carbonyl (C=O) groups excluding carboxylic acids is 5. The summed E-state index contributed by atoms with van der Waals surface area (Å²) in [6.45, 7) is 9.31. The zero-order chi connectivity index (χ0) is 33.4. The van der Waals surface area contributed by atoms with Crippen molar-refractivity contribution in [2.75, 3.05) is 6.54 Å². The summed E-state index contributed by atoms with van der Waals surface area (Å²) in [6, 6.07) is 4.27. The largest absolute Gasteiger partial charge is 0.370 e. The molecule has 0 saturated heterocycles. The maximum atomic E-state index is 13.6. The molecule has 14 heteroatoms. The molecule has 5 amide bonds. The van der Waals surface area contributed by atoms with Crippen molar-refractivity contribution in [3.63, 3.8) is 0 Å². The Morgan fingerprint density at radius 3 is 1.57 bits per heavy atom. The first kappa shape index (κ1) is 37.8. The zero-order valence-corrected chi connectivity index (χ0v) is 26.5. The van der Waals surface area contributed by atoms with Crippen LogP contribution in [0.25, 0.3) is 0 Å². The number of hydrogen-bond acceptors (Lipinski definition) is 7. The number of carbonyl (C=O) groups is 5. The van der Waals surface area contributed by atoms with Gasteiger partial charge in [0.1, 0.15) is 24.2 Å². The third-order valence-electron chi connectivity index (χ3n) is 6.61. The summed E-state index contributed by atoms with van der Waals surface area (Å²) in [7, 11) is 0. The van der Waals surface area contributed by atoms with Gasteiger partial charge in [0.25, 0.3) is 0 Å². The number of amides is 5. The average Bonchev–Trinajstić information content (AvgIpc) is 2.93. The molecule has 246 valence electrons. The number of nitrogens with one attached hydrogen (secondary N) is 4. The van der Waals surface area contributed by atoms with Gasteiger partial charge in [-0.1, -0.05) is 58.0 Å². The molecule has 0 aromatic heterocycles. The molecular formula is C30H51N9O5. The van der Waals surface area contributed by atoms with Crippen molar-refractivity contribution < 1.29 is 24.0 Å². The molecule has 1 aromatic carbocycles. The van der Waals surface area contributed by atoms with Crippen molar-refractivity contribution in [3.05, 3.63) is 35.9 Å². The van der Waals surface area contributed by atoms with E-state index in [0.717, 1.165) is 5.56 Å². The molecule has 5 atom stereocenters. The molecule has 0 fully saturated rings. The molecule has 44 heavy (non-hydrogen) atoms. The van der Waals surface area contributed by atoms with Crippen LogP contribution in [0.15, 0.2) is 35.3 Å². The van der Waals surface area contributed by atoms with E-state index in [4.69, 9.17) is 22.9 Å². The summed E-state index contributed by atoms with van der Waals surface area (Å²) >= 11 is 0. The van der Waals surface area contributed by atoms with Crippen LogP contribution in [0.5, 0.6) is 0 Å². The van der Waals surface area contributed by atoms with E-state index in [-0.39, 0.29) is 50.0 Å². The monoisotopic (exact) mass is 617 g/mol. The van der Waals surface area contributed by atoms with Gasteiger partial charge in [0.05, 0.1) is 6.04 Å². The van der Waals surface area contributed by atoms with Crippen LogP contribution < -0.4 is 44.2 Å². The second-order valence-corrected chi connectivity index (χ2v) is 11.8. The molecule has 1 rings (SSSR count). The van der Waals surface area contributed by atoms with Gasteiger partial charge >= 0.3 is 0 Å². The van der Waals surface area contributed by atoms with Crippen LogP contribution in [0.1, 0.15) is 65.9 Å². The van der Waals surface area contributed by atoms with E-state index in [1.165, 1.54) is 6.92 Å². The Bertz CT molecular complexity index is 1120. The lowest BCUT2D eigenvalue weighted by Crippen LogP contribution is -2.59. The van der Waals surface area contributed by atoms with Gasteiger partial charge in [0.15, 0.2) is 5.96 Å². The molecule has 0 unspecified atom stereocenters. The van der Waals surface area contributed by atoms with Crippen LogP contribution in [-0.2, 0) is 30.4 Å². The van der Waals surface area contributed by atoms with Crippen molar-refractivity contribution in [2.45, 2.75) is 96.9 Å². The molecule has 0 spiro atoms. The van der Waals surface area contributed by atoms with Crippen molar-refractivity contribution in [1.82, 2.24) is 21.3 Å². The summed E-state index contributed by atoms with van der Waals surface area (Å²) in [6.07, 6.45) is 1.29. The molecule has 0 bridgehead atoms. The number of nitrogens with zero attached hydrogens (tertiary/aromatic N) is 1. The van der Waals surface area contributed by atoms with Crippen molar-refractivity contribution in [1.29, 1.82) is 0 Å². The molecule has 0 aliphatic heterocycles. The van der Waals surface area contributed by atoms with Crippen molar-refractivity contribution in [2.24, 2.45) is 39.8 Å².